The molecule has 0 aromatic heterocycles. The summed E-state index contributed by atoms with van der Waals surface area (Å²) in [6, 6.07) is 4.48. The minimum atomic E-state index is 0.807. The molecule has 1 nitrogen and oxygen atoms in total. The zero-order valence-electron chi connectivity index (χ0n) is 8.55. The number of fused-ring (bicyclic) bond motifs is 1. The van der Waals surface area contributed by atoms with Gasteiger partial charge in [-0.15, -0.1) is 0 Å². The predicted molar refractivity (Wildman–Crippen MR) is 54.3 cm³/mol. The molecule has 2 rings (SSSR count). The summed E-state index contributed by atoms with van der Waals surface area (Å²) >= 11 is 0. The van der Waals surface area contributed by atoms with Crippen LogP contribution in [-0.4, -0.2) is 7.11 Å². The second-order valence-corrected chi connectivity index (χ2v) is 4.10. The average molecular weight is 176 g/mol. The Hall–Kier alpha value is -0.980. The van der Waals surface area contributed by atoms with E-state index in [9.17, 15) is 0 Å². The van der Waals surface area contributed by atoms with Gasteiger partial charge in [0.1, 0.15) is 5.75 Å². The van der Waals surface area contributed by atoms with Crippen LogP contribution in [-0.2, 0) is 12.8 Å². The van der Waals surface area contributed by atoms with E-state index in [1.54, 1.807) is 7.11 Å². The standard InChI is InChI=1S/C12H16O/c1-8-4-10-6-9(2)12(13-3)7-11(10)5-8/h6-8H,4-5H2,1-3H3. The summed E-state index contributed by atoms with van der Waals surface area (Å²) in [5, 5.41) is 0. The van der Waals surface area contributed by atoms with Gasteiger partial charge in [0.15, 0.2) is 0 Å². The molecule has 1 aromatic carbocycles. The number of benzene rings is 1. The maximum absolute atomic E-state index is 5.31. The second kappa shape index (κ2) is 3.06. The van der Waals surface area contributed by atoms with Crippen molar-refractivity contribution < 1.29 is 4.74 Å². The van der Waals surface area contributed by atoms with E-state index < -0.39 is 0 Å². The number of aryl methyl sites for hydroxylation is 1. The third kappa shape index (κ3) is 1.43. The summed E-state index contributed by atoms with van der Waals surface area (Å²) in [5.41, 5.74) is 4.26. The topological polar surface area (TPSA) is 9.23 Å². The normalized spacial score (nSPS) is 20.1. The van der Waals surface area contributed by atoms with Crippen molar-refractivity contribution in [2.24, 2.45) is 5.92 Å². The minimum absolute atomic E-state index is 0.807. The lowest BCUT2D eigenvalue weighted by molar-refractivity contribution is 0.411. The Bertz CT molecular complexity index is 328. The van der Waals surface area contributed by atoms with E-state index in [2.05, 4.69) is 26.0 Å². The zero-order chi connectivity index (χ0) is 9.42. The van der Waals surface area contributed by atoms with E-state index in [0.29, 0.717) is 0 Å². The Morgan fingerprint density at radius 3 is 2.46 bits per heavy atom. The molecule has 0 spiro atoms. The summed E-state index contributed by atoms with van der Waals surface area (Å²) in [6.45, 7) is 4.42. The van der Waals surface area contributed by atoms with Crippen LogP contribution in [0.1, 0.15) is 23.6 Å². The van der Waals surface area contributed by atoms with Crippen LogP contribution in [0.5, 0.6) is 5.75 Å². The van der Waals surface area contributed by atoms with Crippen LogP contribution in [0.4, 0.5) is 0 Å². The van der Waals surface area contributed by atoms with E-state index in [1.807, 2.05) is 0 Å². The SMILES string of the molecule is COc1cc2c(cc1C)CC(C)C2. The van der Waals surface area contributed by atoms with Crippen molar-refractivity contribution in [3.05, 3.63) is 28.8 Å². The second-order valence-electron chi connectivity index (χ2n) is 4.10. The molecule has 70 valence electrons. The fourth-order valence-electron chi connectivity index (χ4n) is 2.21. The molecule has 1 heteroatoms. The summed E-state index contributed by atoms with van der Waals surface area (Å²) in [4.78, 5) is 0. The molecular formula is C12H16O. The van der Waals surface area contributed by atoms with Crippen LogP contribution in [0.3, 0.4) is 0 Å². The van der Waals surface area contributed by atoms with Gasteiger partial charge >= 0.3 is 0 Å². The Morgan fingerprint density at radius 1 is 1.23 bits per heavy atom. The minimum Gasteiger partial charge on any atom is -0.496 e. The van der Waals surface area contributed by atoms with Gasteiger partial charge in [-0.05, 0) is 48.4 Å². The molecule has 0 saturated carbocycles. The van der Waals surface area contributed by atoms with Crippen molar-refractivity contribution in [1.82, 2.24) is 0 Å². The Balaban J connectivity index is 2.44. The molecule has 0 heterocycles. The average Bonchev–Trinajstić information content (AvgIpc) is 2.42. The van der Waals surface area contributed by atoms with E-state index in [4.69, 9.17) is 4.74 Å². The maximum Gasteiger partial charge on any atom is 0.122 e. The molecule has 13 heavy (non-hydrogen) atoms. The summed E-state index contributed by atoms with van der Waals surface area (Å²) in [5.74, 6) is 1.84. The largest absolute Gasteiger partial charge is 0.496 e. The Kier molecular flexibility index (Phi) is 2.03. The number of hydrogen-bond acceptors (Lipinski definition) is 1. The highest BCUT2D eigenvalue weighted by molar-refractivity contribution is 5.44. The lowest BCUT2D eigenvalue weighted by atomic mass is 10.1. The lowest BCUT2D eigenvalue weighted by Crippen LogP contribution is -1.90. The van der Waals surface area contributed by atoms with Gasteiger partial charge in [-0.1, -0.05) is 13.0 Å². The van der Waals surface area contributed by atoms with Gasteiger partial charge in [0.2, 0.25) is 0 Å². The van der Waals surface area contributed by atoms with E-state index in [0.717, 1.165) is 11.7 Å². The number of rotatable bonds is 1. The van der Waals surface area contributed by atoms with Crippen LogP contribution in [0.15, 0.2) is 12.1 Å². The van der Waals surface area contributed by atoms with E-state index in [-0.39, 0.29) is 0 Å². The first kappa shape index (κ1) is 8.61. The van der Waals surface area contributed by atoms with Crippen LogP contribution >= 0.6 is 0 Å². The molecule has 1 atom stereocenters. The summed E-state index contributed by atoms with van der Waals surface area (Å²) < 4.78 is 5.31. The molecule has 0 aliphatic heterocycles. The predicted octanol–water partition coefficient (Wildman–Crippen LogP) is 2.74. The third-order valence-corrected chi connectivity index (χ3v) is 2.85. The Morgan fingerprint density at radius 2 is 1.85 bits per heavy atom. The van der Waals surface area contributed by atoms with Crippen molar-refractivity contribution in [2.75, 3.05) is 7.11 Å². The third-order valence-electron chi connectivity index (χ3n) is 2.85. The number of hydrogen-bond donors (Lipinski definition) is 0. The van der Waals surface area contributed by atoms with E-state index >= 15 is 0 Å². The van der Waals surface area contributed by atoms with Gasteiger partial charge in [-0.25, -0.2) is 0 Å². The highest BCUT2D eigenvalue weighted by Crippen LogP contribution is 2.31. The van der Waals surface area contributed by atoms with Gasteiger partial charge < -0.3 is 4.74 Å². The number of ether oxygens (including phenoxy) is 1. The fraction of sp³-hybridized carbons (Fsp3) is 0.500. The first-order valence-electron chi connectivity index (χ1n) is 4.87. The monoisotopic (exact) mass is 176 g/mol. The molecular weight excluding hydrogens is 160 g/mol. The van der Waals surface area contributed by atoms with Crippen LogP contribution in [0, 0.1) is 12.8 Å². The smallest absolute Gasteiger partial charge is 0.122 e. The first-order chi connectivity index (χ1) is 6.20. The summed E-state index contributed by atoms with van der Waals surface area (Å²) in [7, 11) is 1.74. The van der Waals surface area contributed by atoms with Gasteiger partial charge in [-0.3, -0.25) is 0 Å². The van der Waals surface area contributed by atoms with Crippen molar-refractivity contribution >= 4 is 0 Å². The first-order valence-corrected chi connectivity index (χ1v) is 4.87. The van der Waals surface area contributed by atoms with Gasteiger partial charge in [-0.2, -0.15) is 0 Å². The molecule has 0 saturated heterocycles. The molecule has 0 fully saturated rings. The number of methoxy groups -OCH3 is 1. The fourth-order valence-corrected chi connectivity index (χ4v) is 2.21. The molecule has 0 bridgehead atoms. The molecule has 1 aromatic rings. The van der Waals surface area contributed by atoms with Crippen molar-refractivity contribution in [3.8, 4) is 5.75 Å². The van der Waals surface area contributed by atoms with Gasteiger partial charge in [0.25, 0.3) is 0 Å². The maximum atomic E-state index is 5.31. The van der Waals surface area contributed by atoms with Crippen molar-refractivity contribution in [3.63, 3.8) is 0 Å². The lowest BCUT2D eigenvalue weighted by Gasteiger charge is -2.07. The zero-order valence-corrected chi connectivity index (χ0v) is 8.55. The molecule has 1 aliphatic carbocycles. The molecule has 1 aliphatic rings. The Labute approximate surface area is 79.7 Å². The van der Waals surface area contributed by atoms with E-state index in [1.165, 1.54) is 29.5 Å². The highest BCUT2D eigenvalue weighted by atomic mass is 16.5. The quantitative estimate of drug-likeness (QED) is 0.639. The molecule has 0 amide bonds. The highest BCUT2D eigenvalue weighted by Gasteiger charge is 2.18. The molecule has 0 N–H and O–H groups in total. The van der Waals surface area contributed by atoms with Crippen LogP contribution < -0.4 is 4.74 Å². The van der Waals surface area contributed by atoms with Gasteiger partial charge in [0.05, 0.1) is 7.11 Å². The van der Waals surface area contributed by atoms with Crippen LogP contribution in [0.25, 0.3) is 0 Å². The molecule has 0 radical (unpaired) electrons. The molecule has 1 unspecified atom stereocenters. The van der Waals surface area contributed by atoms with Crippen molar-refractivity contribution in [2.45, 2.75) is 26.7 Å². The van der Waals surface area contributed by atoms with Crippen molar-refractivity contribution in [1.29, 1.82) is 0 Å². The van der Waals surface area contributed by atoms with Gasteiger partial charge in [0, 0.05) is 0 Å². The van der Waals surface area contributed by atoms with Crippen LogP contribution in [0.2, 0.25) is 0 Å². The summed E-state index contributed by atoms with van der Waals surface area (Å²) in [6.07, 6.45) is 2.45.